The SMILES string of the molecule is O=C(c1ccc(O)cc1O)N1CCCc2cc(-c3ccc(Cl)cc3Cl)ccc21. The number of fused-ring (bicyclic) bond motifs is 1. The van der Waals surface area contributed by atoms with E-state index in [1.54, 1.807) is 17.0 Å². The summed E-state index contributed by atoms with van der Waals surface area (Å²) in [7, 11) is 0. The van der Waals surface area contributed by atoms with Gasteiger partial charge in [0.25, 0.3) is 5.91 Å². The first-order valence-electron chi connectivity index (χ1n) is 8.86. The Bertz CT molecular complexity index is 1080. The van der Waals surface area contributed by atoms with Crippen LogP contribution in [-0.2, 0) is 6.42 Å². The minimum absolute atomic E-state index is 0.0856. The van der Waals surface area contributed by atoms with Crippen molar-refractivity contribution in [2.24, 2.45) is 0 Å². The van der Waals surface area contributed by atoms with Crippen molar-refractivity contribution < 1.29 is 15.0 Å². The average Bonchev–Trinajstić information content (AvgIpc) is 2.66. The Balaban J connectivity index is 1.71. The van der Waals surface area contributed by atoms with Gasteiger partial charge in [-0.3, -0.25) is 4.79 Å². The maximum atomic E-state index is 13.0. The molecule has 1 aliphatic rings. The summed E-state index contributed by atoms with van der Waals surface area (Å²) in [5.74, 6) is -0.616. The van der Waals surface area contributed by atoms with Crippen LogP contribution in [0.5, 0.6) is 11.5 Å². The third-order valence-corrected chi connectivity index (χ3v) is 5.44. The molecule has 4 nitrogen and oxygen atoms in total. The highest BCUT2D eigenvalue weighted by molar-refractivity contribution is 6.36. The molecule has 1 aliphatic heterocycles. The second kappa shape index (κ2) is 7.38. The summed E-state index contributed by atoms with van der Waals surface area (Å²) < 4.78 is 0. The van der Waals surface area contributed by atoms with Crippen molar-refractivity contribution in [1.82, 2.24) is 0 Å². The largest absolute Gasteiger partial charge is 0.508 e. The van der Waals surface area contributed by atoms with E-state index in [0.29, 0.717) is 16.6 Å². The normalized spacial score (nSPS) is 13.3. The molecule has 1 heterocycles. The van der Waals surface area contributed by atoms with Gasteiger partial charge in [0, 0.05) is 33.9 Å². The van der Waals surface area contributed by atoms with Crippen molar-refractivity contribution in [2.45, 2.75) is 12.8 Å². The zero-order valence-corrected chi connectivity index (χ0v) is 16.3. The van der Waals surface area contributed by atoms with Crippen molar-refractivity contribution in [3.05, 3.63) is 75.8 Å². The molecule has 0 spiro atoms. The Morgan fingerprint density at radius 3 is 2.54 bits per heavy atom. The molecule has 0 aromatic heterocycles. The van der Waals surface area contributed by atoms with Crippen LogP contribution in [-0.4, -0.2) is 22.7 Å². The van der Waals surface area contributed by atoms with Gasteiger partial charge in [-0.25, -0.2) is 0 Å². The fourth-order valence-corrected chi connectivity index (χ4v) is 4.06. The molecule has 2 N–H and O–H groups in total. The van der Waals surface area contributed by atoms with Gasteiger partial charge in [0.05, 0.1) is 5.56 Å². The zero-order valence-electron chi connectivity index (χ0n) is 14.8. The first-order valence-corrected chi connectivity index (χ1v) is 9.62. The van der Waals surface area contributed by atoms with Crippen LogP contribution >= 0.6 is 23.2 Å². The molecule has 0 aliphatic carbocycles. The van der Waals surface area contributed by atoms with Crippen molar-refractivity contribution in [3.8, 4) is 22.6 Å². The van der Waals surface area contributed by atoms with Gasteiger partial charge < -0.3 is 15.1 Å². The van der Waals surface area contributed by atoms with Crippen molar-refractivity contribution in [2.75, 3.05) is 11.4 Å². The number of phenols is 2. The minimum atomic E-state index is -0.296. The van der Waals surface area contributed by atoms with E-state index < -0.39 is 0 Å². The lowest BCUT2D eigenvalue weighted by molar-refractivity contribution is 0.0982. The molecule has 28 heavy (non-hydrogen) atoms. The standard InChI is InChI=1S/C22H17Cl2NO3/c23-15-4-6-17(19(24)11-15)13-3-8-20-14(10-13)2-1-9-25(20)22(28)18-7-5-16(26)12-21(18)27/h3-8,10-12,26-27H,1-2,9H2. The Kier molecular flexibility index (Phi) is 4.92. The Morgan fingerprint density at radius 1 is 0.964 bits per heavy atom. The fourth-order valence-electron chi connectivity index (χ4n) is 3.55. The molecule has 0 saturated heterocycles. The van der Waals surface area contributed by atoms with Crippen molar-refractivity contribution in [3.63, 3.8) is 0 Å². The van der Waals surface area contributed by atoms with Gasteiger partial charge in [-0.1, -0.05) is 35.3 Å². The monoisotopic (exact) mass is 413 g/mol. The molecular weight excluding hydrogens is 397 g/mol. The van der Waals surface area contributed by atoms with Crippen LogP contribution in [0, 0.1) is 0 Å². The average molecular weight is 414 g/mol. The molecule has 4 rings (SSSR count). The van der Waals surface area contributed by atoms with Crippen LogP contribution in [0.2, 0.25) is 10.0 Å². The second-order valence-corrected chi connectivity index (χ2v) is 7.57. The van der Waals surface area contributed by atoms with E-state index in [-0.39, 0.29) is 23.0 Å². The van der Waals surface area contributed by atoms with E-state index >= 15 is 0 Å². The summed E-state index contributed by atoms with van der Waals surface area (Å²) in [6, 6.07) is 15.3. The summed E-state index contributed by atoms with van der Waals surface area (Å²) in [5, 5.41) is 20.7. The van der Waals surface area contributed by atoms with E-state index in [1.807, 2.05) is 24.3 Å². The van der Waals surface area contributed by atoms with Crippen LogP contribution < -0.4 is 4.90 Å². The number of nitrogens with zero attached hydrogens (tertiary/aromatic N) is 1. The summed E-state index contributed by atoms with van der Waals surface area (Å²) in [4.78, 5) is 14.7. The van der Waals surface area contributed by atoms with Gasteiger partial charge >= 0.3 is 0 Å². The molecule has 142 valence electrons. The van der Waals surface area contributed by atoms with Gasteiger partial charge in [0.2, 0.25) is 0 Å². The number of amides is 1. The topological polar surface area (TPSA) is 60.8 Å². The summed E-state index contributed by atoms with van der Waals surface area (Å²) in [6.07, 6.45) is 1.66. The molecular formula is C22H17Cl2NO3. The number of aromatic hydroxyl groups is 2. The summed E-state index contributed by atoms with van der Waals surface area (Å²) in [5.41, 5.74) is 3.87. The zero-order chi connectivity index (χ0) is 19.8. The maximum Gasteiger partial charge on any atom is 0.262 e. The first-order chi connectivity index (χ1) is 13.4. The fraction of sp³-hybridized carbons (Fsp3) is 0.136. The number of halogens is 2. The third kappa shape index (κ3) is 3.41. The number of anilines is 1. The molecule has 0 saturated carbocycles. The molecule has 0 unspecified atom stereocenters. The smallest absolute Gasteiger partial charge is 0.262 e. The lowest BCUT2D eigenvalue weighted by atomic mass is 9.95. The number of phenolic OH excluding ortho intramolecular Hbond substituents is 2. The first kappa shape index (κ1) is 18.7. The minimum Gasteiger partial charge on any atom is -0.508 e. The Morgan fingerprint density at radius 2 is 1.79 bits per heavy atom. The molecule has 0 atom stereocenters. The van der Waals surface area contributed by atoms with Gasteiger partial charge in [-0.2, -0.15) is 0 Å². The quantitative estimate of drug-likeness (QED) is 0.569. The molecule has 3 aromatic carbocycles. The van der Waals surface area contributed by atoms with E-state index in [9.17, 15) is 15.0 Å². The van der Waals surface area contributed by atoms with Crippen LogP contribution in [0.25, 0.3) is 11.1 Å². The molecule has 0 bridgehead atoms. The van der Waals surface area contributed by atoms with E-state index in [1.165, 1.54) is 18.2 Å². The molecule has 0 radical (unpaired) electrons. The summed E-state index contributed by atoms with van der Waals surface area (Å²) >= 11 is 12.3. The van der Waals surface area contributed by atoms with E-state index in [4.69, 9.17) is 23.2 Å². The molecule has 1 amide bonds. The van der Waals surface area contributed by atoms with Gasteiger partial charge in [0.15, 0.2) is 0 Å². The number of hydrogen-bond acceptors (Lipinski definition) is 3. The maximum absolute atomic E-state index is 13.0. The van der Waals surface area contributed by atoms with Crippen LogP contribution in [0.4, 0.5) is 5.69 Å². The van der Waals surface area contributed by atoms with Crippen molar-refractivity contribution >= 4 is 34.8 Å². The number of carbonyl (C=O) groups is 1. The molecule has 6 heteroatoms. The van der Waals surface area contributed by atoms with E-state index in [0.717, 1.165) is 35.2 Å². The lowest BCUT2D eigenvalue weighted by Crippen LogP contribution is -2.35. The van der Waals surface area contributed by atoms with Gasteiger partial charge in [0.1, 0.15) is 11.5 Å². The molecule has 3 aromatic rings. The number of aryl methyl sites for hydroxylation is 1. The van der Waals surface area contributed by atoms with Crippen LogP contribution in [0.1, 0.15) is 22.3 Å². The predicted octanol–water partition coefficient (Wildman–Crippen LogP) is 5.66. The van der Waals surface area contributed by atoms with Gasteiger partial charge in [-0.15, -0.1) is 0 Å². The Hall–Kier alpha value is -2.69. The number of benzene rings is 3. The number of carbonyl (C=O) groups excluding carboxylic acids is 1. The number of rotatable bonds is 2. The molecule has 0 fully saturated rings. The highest BCUT2D eigenvalue weighted by atomic mass is 35.5. The van der Waals surface area contributed by atoms with Crippen LogP contribution in [0.3, 0.4) is 0 Å². The Labute approximate surface area is 172 Å². The number of hydrogen-bond donors (Lipinski definition) is 2. The second-order valence-electron chi connectivity index (χ2n) is 6.73. The van der Waals surface area contributed by atoms with E-state index in [2.05, 4.69) is 0 Å². The highest BCUT2D eigenvalue weighted by Crippen LogP contribution is 2.36. The van der Waals surface area contributed by atoms with Crippen LogP contribution in [0.15, 0.2) is 54.6 Å². The van der Waals surface area contributed by atoms with Crippen molar-refractivity contribution in [1.29, 1.82) is 0 Å². The third-order valence-electron chi connectivity index (χ3n) is 4.90. The van der Waals surface area contributed by atoms with Gasteiger partial charge in [-0.05, 0) is 60.4 Å². The predicted molar refractivity (Wildman–Crippen MR) is 112 cm³/mol. The highest BCUT2D eigenvalue weighted by Gasteiger charge is 2.26. The lowest BCUT2D eigenvalue weighted by Gasteiger charge is -2.30. The summed E-state index contributed by atoms with van der Waals surface area (Å²) in [6.45, 7) is 0.563.